The van der Waals surface area contributed by atoms with E-state index in [4.69, 9.17) is 0 Å². The second-order valence-electron chi connectivity index (χ2n) is 4.47. The molecule has 0 aliphatic rings. The molecule has 0 bridgehead atoms. The molecule has 0 spiro atoms. The lowest BCUT2D eigenvalue weighted by molar-refractivity contribution is 0.594. The number of halogens is 1. The van der Waals surface area contributed by atoms with Gasteiger partial charge in [0.2, 0.25) is 0 Å². The monoisotopic (exact) mass is 306 g/mol. The van der Waals surface area contributed by atoms with Crippen LogP contribution in [-0.2, 0) is 15.6 Å². The van der Waals surface area contributed by atoms with Gasteiger partial charge in [-0.25, -0.2) is 12.8 Å². The van der Waals surface area contributed by atoms with Gasteiger partial charge < -0.3 is 0 Å². The minimum absolute atomic E-state index is 0.0668. The van der Waals surface area contributed by atoms with Crippen molar-refractivity contribution in [2.45, 2.75) is 10.6 Å². The smallest absolute Gasteiger partial charge is 0.182 e. The van der Waals surface area contributed by atoms with Crippen LogP contribution in [0.1, 0.15) is 5.56 Å². The Hall–Kier alpha value is -1.72. The van der Waals surface area contributed by atoms with E-state index in [1.54, 1.807) is 0 Å². The number of sulfone groups is 1. The molecule has 2 nitrogen and oxygen atoms in total. The van der Waals surface area contributed by atoms with Gasteiger partial charge in [-0.2, -0.15) is 0 Å². The fourth-order valence-electron chi connectivity index (χ4n) is 2.07. The van der Waals surface area contributed by atoms with E-state index >= 15 is 0 Å². The van der Waals surface area contributed by atoms with Crippen LogP contribution >= 0.6 is 11.3 Å². The molecule has 0 fully saturated rings. The molecule has 2 aromatic carbocycles. The average Bonchev–Trinajstić information content (AvgIpc) is 2.82. The van der Waals surface area contributed by atoms with Crippen molar-refractivity contribution in [1.82, 2.24) is 0 Å². The first-order valence-electron chi connectivity index (χ1n) is 6.00. The van der Waals surface area contributed by atoms with Crippen LogP contribution in [0.2, 0.25) is 0 Å². The third-order valence-electron chi connectivity index (χ3n) is 3.08. The molecule has 0 saturated carbocycles. The first kappa shape index (κ1) is 13.3. The van der Waals surface area contributed by atoms with E-state index in [1.165, 1.54) is 35.6 Å². The van der Waals surface area contributed by atoms with E-state index in [-0.39, 0.29) is 10.6 Å². The van der Waals surface area contributed by atoms with Crippen LogP contribution in [0.4, 0.5) is 4.39 Å². The Labute approximate surface area is 120 Å². The third kappa shape index (κ3) is 2.46. The van der Waals surface area contributed by atoms with E-state index in [0.29, 0.717) is 0 Å². The van der Waals surface area contributed by atoms with Crippen LogP contribution in [0.5, 0.6) is 0 Å². The summed E-state index contributed by atoms with van der Waals surface area (Å²) in [5.74, 6) is -0.507. The fraction of sp³-hybridized carbons (Fsp3) is 0.0667. The van der Waals surface area contributed by atoms with Gasteiger partial charge in [0.25, 0.3) is 0 Å². The van der Waals surface area contributed by atoms with E-state index in [9.17, 15) is 12.8 Å². The molecular weight excluding hydrogens is 295 g/mol. The van der Waals surface area contributed by atoms with Gasteiger partial charge in [-0.3, -0.25) is 0 Å². The maximum Gasteiger partial charge on any atom is 0.182 e. The molecule has 1 aromatic heterocycles. The Balaban J connectivity index is 1.99. The van der Waals surface area contributed by atoms with Crippen molar-refractivity contribution in [2.24, 2.45) is 0 Å². The van der Waals surface area contributed by atoms with Crippen LogP contribution in [0.25, 0.3) is 10.1 Å². The van der Waals surface area contributed by atoms with Crippen LogP contribution in [0.3, 0.4) is 0 Å². The normalized spacial score (nSPS) is 11.8. The minimum Gasteiger partial charge on any atom is -0.223 e. The van der Waals surface area contributed by atoms with Gasteiger partial charge in [-0.15, -0.1) is 11.3 Å². The average molecular weight is 306 g/mol. The molecule has 3 aromatic rings. The second kappa shape index (κ2) is 5.00. The summed E-state index contributed by atoms with van der Waals surface area (Å²) in [6.45, 7) is 0. The Morgan fingerprint density at radius 1 is 1.00 bits per heavy atom. The van der Waals surface area contributed by atoms with Crippen molar-refractivity contribution in [3.05, 3.63) is 65.3 Å². The zero-order valence-corrected chi connectivity index (χ0v) is 12.0. The lowest BCUT2D eigenvalue weighted by Gasteiger charge is -2.04. The maximum atomic E-state index is 12.9. The van der Waals surface area contributed by atoms with Gasteiger partial charge in [-0.1, -0.05) is 18.2 Å². The predicted octanol–water partition coefficient (Wildman–Crippen LogP) is 4.01. The number of thiophene rings is 1. The highest BCUT2D eigenvalue weighted by molar-refractivity contribution is 7.90. The molecule has 0 atom stereocenters. The molecule has 3 rings (SSSR count). The Kier molecular flexibility index (Phi) is 3.31. The van der Waals surface area contributed by atoms with Crippen LogP contribution in [0.15, 0.2) is 58.8 Å². The molecule has 0 unspecified atom stereocenters. The van der Waals surface area contributed by atoms with Crippen LogP contribution < -0.4 is 0 Å². The van der Waals surface area contributed by atoms with Crippen molar-refractivity contribution in [3.8, 4) is 0 Å². The Morgan fingerprint density at radius 3 is 2.45 bits per heavy atom. The summed E-state index contributed by atoms with van der Waals surface area (Å²) in [6.07, 6.45) is 0. The van der Waals surface area contributed by atoms with Crippen molar-refractivity contribution >= 4 is 31.3 Å². The molecule has 0 amide bonds. The summed E-state index contributed by atoms with van der Waals surface area (Å²) in [7, 11) is -3.45. The van der Waals surface area contributed by atoms with E-state index in [2.05, 4.69) is 0 Å². The summed E-state index contributed by atoms with van der Waals surface area (Å²) < 4.78 is 38.6. The summed E-state index contributed by atoms with van der Waals surface area (Å²) in [5, 5.41) is 2.83. The first-order valence-corrected chi connectivity index (χ1v) is 8.53. The van der Waals surface area contributed by atoms with Gasteiger partial charge >= 0.3 is 0 Å². The number of benzene rings is 2. The zero-order valence-electron chi connectivity index (χ0n) is 10.4. The van der Waals surface area contributed by atoms with E-state index < -0.39 is 15.7 Å². The van der Waals surface area contributed by atoms with Crippen molar-refractivity contribution in [3.63, 3.8) is 0 Å². The van der Waals surface area contributed by atoms with Crippen molar-refractivity contribution in [1.29, 1.82) is 0 Å². The van der Waals surface area contributed by atoms with Gasteiger partial charge in [0.1, 0.15) is 5.82 Å². The van der Waals surface area contributed by atoms with E-state index in [1.807, 2.05) is 29.6 Å². The number of fused-ring (bicyclic) bond motifs is 1. The highest BCUT2D eigenvalue weighted by atomic mass is 32.2. The summed E-state index contributed by atoms with van der Waals surface area (Å²) in [6, 6.07) is 12.6. The van der Waals surface area contributed by atoms with E-state index in [0.717, 1.165) is 15.6 Å². The number of rotatable bonds is 3. The standard InChI is InChI=1S/C15H11FO2S2/c16-12-5-7-13(8-6-12)20(17,18)10-11-9-19-15-4-2-1-3-14(11)15/h1-9H,10H2. The summed E-state index contributed by atoms with van der Waals surface area (Å²) in [4.78, 5) is 0.147. The first-order chi connectivity index (χ1) is 9.56. The quantitative estimate of drug-likeness (QED) is 0.685. The Morgan fingerprint density at radius 2 is 1.70 bits per heavy atom. The van der Waals surface area contributed by atoms with Gasteiger partial charge in [0, 0.05) is 4.70 Å². The highest BCUT2D eigenvalue weighted by Gasteiger charge is 2.17. The SMILES string of the molecule is O=S(=O)(Cc1csc2ccccc12)c1ccc(F)cc1. The highest BCUT2D eigenvalue weighted by Crippen LogP contribution is 2.28. The van der Waals surface area contributed by atoms with Crippen molar-refractivity contribution < 1.29 is 12.8 Å². The summed E-state index contributed by atoms with van der Waals surface area (Å²) in [5.41, 5.74) is 0.787. The largest absolute Gasteiger partial charge is 0.223 e. The molecule has 1 heterocycles. The fourth-order valence-corrected chi connectivity index (χ4v) is 4.51. The molecule has 102 valence electrons. The van der Waals surface area contributed by atoms with Crippen LogP contribution in [0, 0.1) is 5.82 Å². The second-order valence-corrected chi connectivity index (χ2v) is 7.37. The Bertz CT molecular complexity index is 849. The molecule has 0 aliphatic carbocycles. The number of hydrogen-bond donors (Lipinski definition) is 0. The molecule has 0 saturated heterocycles. The van der Waals surface area contributed by atoms with Crippen LogP contribution in [-0.4, -0.2) is 8.42 Å². The third-order valence-corrected chi connectivity index (χ3v) is 5.77. The summed E-state index contributed by atoms with van der Waals surface area (Å²) >= 11 is 1.53. The minimum atomic E-state index is -3.45. The molecule has 0 N–H and O–H groups in total. The topological polar surface area (TPSA) is 34.1 Å². The predicted molar refractivity (Wildman–Crippen MR) is 79.1 cm³/mol. The molecule has 20 heavy (non-hydrogen) atoms. The molecule has 0 aliphatic heterocycles. The van der Waals surface area contributed by atoms with Gasteiger partial charge in [-0.05, 0) is 46.7 Å². The maximum absolute atomic E-state index is 12.9. The molecular formula is C15H11FO2S2. The lowest BCUT2D eigenvalue weighted by atomic mass is 10.2. The lowest BCUT2D eigenvalue weighted by Crippen LogP contribution is -2.04. The van der Waals surface area contributed by atoms with Gasteiger partial charge in [0.15, 0.2) is 9.84 Å². The van der Waals surface area contributed by atoms with Gasteiger partial charge in [0.05, 0.1) is 10.6 Å². The number of hydrogen-bond acceptors (Lipinski definition) is 3. The van der Waals surface area contributed by atoms with Crippen molar-refractivity contribution in [2.75, 3.05) is 0 Å². The molecule has 0 radical (unpaired) electrons. The zero-order chi connectivity index (χ0) is 14.2. The molecule has 5 heteroatoms.